The Bertz CT molecular complexity index is 412. The van der Waals surface area contributed by atoms with E-state index in [1.165, 1.54) is 13.0 Å². The predicted molar refractivity (Wildman–Crippen MR) is 55.0 cm³/mol. The normalized spacial score (nSPS) is 13.9. The van der Waals surface area contributed by atoms with Crippen molar-refractivity contribution in [2.45, 2.75) is 17.2 Å². The smallest absolute Gasteiger partial charge is 0.250 e. The van der Waals surface area contributed by atoms with Gasteiger partial charge in [-0.3, -0.25) is 4.79 Å². The molecule has 0 aliphatic carbocycles. The predicted octanol–water partition coefficient (Wildman–Crippen LogP) is 1.18. The van der Waals surface area contributed by atoms with E-state index >= 15 is 0 Å². The molecule has 1 atom stereocenters. The van der Waals surface area contributed by atoms with Gasteiger partial charge in [-0.05, 0) is 30.0 Å². The summed E-state index contributed by atoms with van der Waals surface area (Å²) < 4.78 is 25.3. The topological polar surface area (TPSA) is 63.2 Å². The number of halogens is 1. The summed E-state index contributed by atoms with van der Waals surface area (Å²) in [5.41, 5.74) is 0. The van der Waals surface area contributed by atoms with E-state index in [1.807, 2.05) is 0 Å². The Labute approximate surface area is 90.9 Å². The third kappa shape index (κ3) is 2.78. The van der Waals surface area contributed by atoms with Gasteiger partial charge in [0.1, 0.15) is 4.21 Å². The quantitative estimate of drug-likeness (QED) is 0.820. The third-order valence-electron chi connectivity index (χ3n) is 1.43. The highest BCUT2D eigenvalue weighted by molar-refractivity contribution is 7.91. The fourth-order valence-corrected chi connectivity index (χ4v) is 3.09. The van der Waals surface area contributed by atoms with Crippen LogP contribution in [0.2, 0.25) is 0 Å². The van der Waals surface area contributed by atoms with Gasteiger partial charge in [-0.2, -0.15) is 4.72 Å². The molecule has 0 amide bonds. The van der Waals surface area contributed by atoms with Gasteiger partial charge < -0.3 is 0 Å². The molecule has 0 fully saturated rings. The number of nitrogens with one attached hydrogen (secondary N) is 1. The van der Waals surface area contributed by atoms with Crippen LogP contribution in [-0.4, -0.2) is 19.7 Å². The molecular formula is C7H8ClNO3S2. The minimum atomic E-state index is -3.60. The Kier molecular flexibility index (Phi) is 3.65. The molecule has 1 unspecified atom stereocenters. The summed E-state index contributed by atoms with van der Waals surface area (Å²) in [5.74, 6) is 0. The van der Waals surface area contributed by atoms with Gasteiger partial charge in [-0.15, -0.1) is 11.3 Å². The Hall–Kier alpha value is -0.430. The summed E-state index contributed by atoms with van der Waals surface area (Å²) in [5, 5.41) is 0.909. The molecule has 0 aromatic carbocycles. The SMILES string of the molecule is CC(NS(=O)(=O)c1cccs1)C(=O)Cl. The van der Waals surface area contributed by atoms with Crippen LogP contribution in [0.15, 0.2) is 21.7 Å². The zero-order valence-corrected chi connectivity index (χ0v) is 9.62. The second-order valence-corrected chi connectivity index (χ2v) is 5.84. The maximum atomic E-state index is 11.5. The van der Waals surface area contributed by atoms with Crippen LogP contribution in [0.5, 0.6) is 0 Å². The molecule has 78 valence electrons. The van der Waals surface area contributed by atoms with Crippen molar-refractivity contribution in [3.05, 3.63) is 17.5 Å². The summed E-state index contributed by atoms with van der Waals surface area (Å²) in [7, 11) is -3.60. The maximum absolute atomic E-state index is 11.5. The van der Waals surface area contributed by atoms with Crippen molar-refractivity contribution >= 4 is 38.2 Å². The van der Waals surface area contributed by atoms with Gasteiger partial charge >= 0.3 is 0 Å². The van der Waals surface area contributed by atoms with Crippen LogP contribution in [0, 0.1) is 0 Å². The van der Waals surface area contributed by atoms with E-state index < -0.39 is 21.3 Å². The highest BCUT2D eigenvalue weighted by Crippen LogP contribution is 2.15. The molecule has 1 aromatic rings. The van der Waals surface area contributed by atoms with Gasteiger partial charge in [0.2, 0.25) is 5.24 Å². The number of thiophene rings is 1. The third-order valence-corrected chi connectivity index (χ3v) is 4.70. The minimum Gasteiger partial charge on any atom is -0.279 e. The lowest BCUT2D eigenvalue weighted by atomic mass is 10.4. The Balaban J connectivity index is 2.84. The first-order valence-corrected chi connectivity index (χ1v) is 6.43. The number of carbonyl (C=O) groups excluding carboxylic acids is 1. The van der Waals surface area contributed by atoms with Crippen LogP contribution in [-0.2, 0) is 14.8 Å². The van der Waals surface area contributed by atoms with Gasteiger partial charge in [0.15, 0.2) is 0 Å². The zero-order valence-electron chi connectivity index (χ0n) is 7.23. The number of hydrogen-bond donors (Lipinski definition) is 1. The van der Waals surface area contributed by atoms with Crippen LogP contribution in [0.25, 0.3) is 0 Å². The van der Waals surface area contributed by atoms with Crippen LogP contribution >= 0.6 is 22.9 Å². The molecule has 0 aliphatic heterocycles. The Morgan fingerprint density at radius 2 is 2.29 bits per heavy atom. The first kappa shape index (κ1) is 11.6. The van der Waals surface area contributed by atoms with E-state index in [-0.39, 0.29) is 4.21 Å². The summed E-state index contributed by atoms with van der Waals surface area (Å²) in [6.07, 6.45) is 0. The average Bonchev–Trinajstić information content (AvgIpc) is 2.54. The van der Waals surface area contributed by atoms with E-state index in [4.69, 9.17) is 11.6 Å². The summed E-state index contributed by atoms with van der Waals surface area (Å²) in [4.78, 5) is 10.6. The van der Waals surface area contributed by atoms with Gasteiger partial charge in [-0.25, -0.2) is 8.42 Å². The number of hydrogen-bond acceptors (Lipinski definition) is 4. The standard InChI is InChI=1S/C7H8ClNO3S2/c1-5(7(8)10)9-14(11,12)6-3-2-4-13-6/h2-5,9H,1H3. The number of rotatable bonds is 4. The lowest BCUT2D eigenvalue weighted by Gasteiger charge is -2.07. The van der Waals surface area contributed by atoms with E-state index in [0.717, 1.165) is 11.3 Å². The van der Waals surface area contributed by atoms with Crippen molar-refractivity contribution in [3.63, 3.8) is 0 Å². The minimum absolute atomic E-state index is 0.169. The molecule has 1 heterocycles. The van der Waals surface area contributed by atoms with Crippen molar-refractivity contribution in [2.24, 2.45) is 0 Å². The lowest BCUT2D eigenvalue weighted by molar-refractivity contribution is -0.112. The van der Waals surface area contributed by atoms with Crippen LogP contribution in [0.4, 0.5) is 0 Å². The molecule has 1 N–H and O–H groups in total. The largest absolute Gasteiger partial charge is 0.279 e. The molecular weight excluding hydrogens is 246 g/mol. The molecule has 1 rings (SSSR count). The summed E-state index contributed by atoms with van der Waals surface area (Å²) >= 11 is 6.21. The van der Waals surface area contributed by atoms with Crippen LogP contribution in [0.1, 0.15) is 6.92 Å². The molecule has 0 radical (unpaired) electrons. The fourth-order valence-electron chi connectivity index (χ4n) is 0.754. The number of sulfonamides is 1. The van der Waals surface area contributed by atoms with Crippen molar-refractivity contribution in [1.29, 1.82) is 0 Å². The van der Waals surface area contributed by atoms with E-state index in [1.54, 1.807) is 11.4 Å². The molecule has 0 aliphatic rings. The Morgan fingerprint density at radius 3 is 2.71 bits per heavy atom. The van der Waals surface area contributed by atoms with E-state index in [2.05, 4.69) is 4.72 Å². The molecule has 0 saturated carbocycles. The van der Waals surface area contributed by atoms with Crippen molar-refractivity contribution in [1.82, 2.24) is 4.72 Å². The van der Waals surface area contributed by atoms with E-state index in [0.29, 0.717) is 0 Å². The molecule has 7 heteroatoms. The van der Waals surface area contributed by atoms with E-state index in [9.17, 15) is 13.2 Å². The molecule has 0 spiro atoms. The van der Waals surface area contributed by atoms with Crippen LogP contribution < -0.4 is 4.72 Å². The summed E-state index contributed by atoms with van der Waals surface area (Å²) in [6.45, 7) is 1.39. The van der Waals surface area contributed by atoms with Gasteiger partial charge in [0, 0.05) is 0 Å². The Morgan fingerprint density at radius 1 is 1.64 bits per heavy atom. The average molecular weight is 254 g/mol. The second kappa shape index (κ2) is 4.39. The molecule has 1 aromatic heterocycles. The van der Waals surface area contributed by atoms with Gasteiger partial charge in [-0.1, -0.05) is 6.07 Å². The fraction of sp³-hybridized carbons (Fsp3) is 0.286. The first-order chi connectivity index (χ1) is 6.43. The zero-order chi connectivity index (χ0) is 10.8. The monoisotopic (exact) mass is 253 g/mol. The van der Waals surface area contributed by atoms with Gasteiger partial charge in [0.05, 0.1) is 6.04 Å². The maximum Gasteiger partial charge on any atom is 0.250 e. The highest BCUT2D eigenvalue weighted by atomic mass is 35.5. The molecule has 0 bridgehead atoms. The molecule has 0 saturated heterocycles. The van der Waals surface area contributed by atoms with Gasteiger partial charge in [0.25, 0.3) is 10.0 Å². The van der Waals surface area contributed by atoms with Crippen LogP contribution in [0.3, 0.4) is 0 Å². The first-order valence-electron chi connectivity index (χ1n) is 3.68. The lowest BCUT2D eigenvalue weighted by Crippen LogP contribution is -2.36. The molecule has 14 heavy (non-hydrogen) atoms. The highest BCUT2D eigenvalue weighted by Gasteiger charge is 2.21. The second-order valence-electron chi connectivity index (χ2n) is 2.58. The van der Waals surface area contributed by atoms with Crippen molar-refractivity contribution < 1.29 is 13.2 Å². The molecule has 4 nitrogen and oxygen atoms in total. The van der Waals surface area contributed by atoms with Crippen molar-refractivity contribution in [3.8, 4) is 0 Å². The summed E-state index contributed by atoms with van der Waals surface area (Å²) in [6, 6.07) is 2.16. The van der Waals surface area contributed by atoms with Crippen molar-refractivity contribution in [2.75, 3.05) is 0 Å². The number of carbonyl (C=O) groups is 1.